The molecule has 3 rings (SSSR count). The highest BCUT2D eigenvalue weighted by molar-refractivity contribution is 5.33. The van der Waals surface area contributed by atoms with Gasteiger partial charge in [0.1, 0.15) is 11.9 Å². The smallest absolute Gasteiger partial charge is 0.124 e. The molecule has 1 aliphatic carbocycles. The lowest BCUT2D eigenvalue weighted by molar-refractivity contribution is -0.108. The molecular weight excluding hydrogens is 250 g/mol. The molecule has 1 atom stereocenters. The normalized spacial score (nSPS) is 24.9. The highest BCUT2D eigenvalue weighted by Gasteiger charge is 2.40. The van der Waals surface area contributed by atoms with Crippen LogP contribution in [0.2, 0.25) is 0 Å². The van der Waals surface area contributed by atoms with Gasteiger partial charge in [-0.3, -0.25) is 0 Å². The Morgan fingerprint density at radius 2 is 2.10 bits per heavy atom. The van der Waals surface area contributed by atoms with E-state index in [9.17, 15) is 0 Å². The van der Waals surface area contributed by atoms with Gasteiger partial charge in [-0.25, -0.2) is 0 Å². The molecule has 1 unspecified atom stereocenters. The largest absolute Gasteiger partial charge is 0.490 e. The molecular formula is C17H25NO2. The standard InChI is InChI=1S/C17H25NO2/c1-18-13-14-6-2-3-7-16(14)20-15-8-11-19-17(12-15)9-4-5-10-17/h2-3,6-7,15,18H,4-5,8-13H2,1H3. The predicted octanol–water partition coefficient (Wildman–Crippen LogP) is 3.28. The highest BCUT2D eigenvalue weighted by atomic mass is 16.5. The second kappa shape index (κ2) is 6.15. The van der Waals surface area contributed by atoms with Crippen molar-refractivity contribution in [1.82, 2.24) is 5.32 Å². The minimum atomic E-state index is 0.126. The minimum Gasteiger partial charge on any atom is -0.490 e. The summed E-state index contributed by atoms with van der Waals surface area (Å²) in [6.45, 7) is 1.70. The van der Waals surface area contributed by atoms with E-state index in [0.717, 1.165) is 31.7 Å². The molecule has 2 fully saturated rings. The van der Waals surface area contributed by atoms with Gasteiger partial charge in [0.15, 0.2) is 0 Å². The molecule has 1 spiro atoms. The zero-order chi connectivity index (χ0) is 13.8. The Morgan fingerprint density at radius 1 is 1.30 bits per heavy atom. The van der Waals surface area contributed by atoms with Gasteiger partial charge in [0.05, 0.1) is 12.2 Å². The third kappa shape index (κ3) is 2.99. The molecule has 3 nitrogen and oxygen atoms in total. The van der Waals surface area contributed by atoms with Crippen molar-refractivity contribution < 1.29 is 9.47 Å². The monoisotopic (exact) mass is 275 g/mol. The average Bonchev–Trinajstić information content (AvgIpc) is 2.89. The first-order valence-corrected chi connectivity index (χ1v) is 7.84. The first-order valence-electron chi connectivity index (χ1n) is 7.84. The topological polar surface area (TPSA) is 30.5 Å². The van der Waals surface area contributed by atoms with Gasteiger partial charge in [0.2, 0.25) is 0 Å². The van der Waals surface area contributed by atoms with Gasteiger partial charge in [-0.15, -0.1) is 0 Å². The Labute approximate surface area is 121 Å². The fraction of sp³-hybridized carbons (Fsp3) is 0.647. The lowest BCUT2D eigenvalue weighted by atomic mass is 9.90. The van der Waals surface area contributed by atoms with E-state index in [1.54, 1.807) is 0 Å². The molecule has 3 heteroatoms. The fourth-order valence-electron chi connectivity index (χ4n) is 3.59. The summed E-state index contributed by atoms with van der Waals surface area (Å²) >= 11 is 0. The van der Waals surface area contributed by atoms with E-state index in [2.05, 4.69) is 29.6 Å². The Morgan fingerprint density at radius 3 is 2.90 bits per heavy atom. The van der Waals surface area contributed by atoms with E-state index in [-0.39, 0.29) is 5.60 Å². The van der Waals surface area contributed by atoms with Gasteiger partial charge >= 0.3 is 0 Å². The molecule has 1 saturated carbocycles. The molecule has 1 aromatic rings. The van der Waals surface area contributed by atoms with Crippen LogP contribution < -0.4 is 10.1 Å². The number of hydrogen-bond acceptors (Lipinski definition) is 3. The number of para-hydroxylation sites is 1. The van der Waals surface area contributed by atoms with Crippen molar-refractivity contribution in [1.29, 1.82) is 0 Å². The fourth-order valence-corrected chi connectivity index (χ4v) is 3.59. The van der Waals surface area contributed by atoms with Crippen molar-refractivity contribution in [3.63, 3.8) is 0 Å². The van der Waals surface area contributed by atoms with Gasteiger partial charge < -0.3 is 14.8 Å². The Bertz CT molecular complexity index is 440. The van der Waals surface area contributed by atoms with E-state index in [1.165, 1.54) is 31.2 Å². The summed E-state index contributed by atoms with van der Waals surface area (Å²) < 4.78 is 12.4. The molecule has 0 radical (unpaired) electrons. The van der Waals surface area contributed by atoms with Crippen molar-refractivity contribution in [3.05, 3.63) is 29.8 Å². The van der Waals surface area contributed by atoms with Crippen molar-refractivity contribution in [2.45, 2.75) is 56.8 Å². The Hall–Kier alpha value is -1.06. The van der Waals surface area contributed by atoms with Crippen LogP contribution in [0.25, 0.3) is 0 Å². The van der Waals surface area contributed by atoms with E-state index in [4.69, 9.17) is 9.47 Å². The molecule has 1 aromatic carbocycles. The van der Waals surface area contributed by atoms with Gasteiger partial charge in [-0.2, -0.15) is 0 Å². The molecule has 1 heterocycles. The summed E-state index contributed by atoms with van der Waals surface area (Å²) in [7, 11) is 1.97. The second-order valence-corrected chi connectivity index (χ2v) is 6.11. The first kappa shape index (κ1) is 13.9. The van der Waals surface area contributed by atoms with E-state index in [1.807, 2.05) is 7.05 Å². The predicted molar refractivity (Wildman–Crippen MR) is 80.0 cm³/mol. The molecule has 110 valence electrons. The maximum atomic E-state index is 6.31. The van der Waals surface area contributed by atoms with Gasteiger partial charge in [0.25, 0.3) is 0 Å². The summed E-state index contributed by atoms with van der Waals surface area (Å²) in [6, 6.07) is 8.35. The lowest BCUT2D eigenvalue weighted by Crippen LogP contribution is -2.41. The van der Waals surface area contributed by atoms with Crippen LogP contribution in [-0.4, -0.2) is 25.4 Å². The van der Waals surface area contributed by atoms with Gasteiger partial charge in [-0.1, -0.05) is 31.0 Å². The third-order valence-electron chi connectivity index (χ3n) is 4.60. The van der Waals surface area contributed by atoms with Crippen LogP contribution >= 0.6 is 0 Å². The average molecular weight is 275 g/mol. The number of rotatable bonds is 4. The van der Waals surface area contributed by atoms with Crippen LogP contribution in [0.5, 0.6) is 5.75 Å². The summed E-state index contributed by atoms with van der Waals surface area (Å²) in [4.78, 5) is 0. The maximum absolute atomic E-state index is 6.31. The first-order chi connectivity index (χ1) is 9.81. The summed E-state index contributed by atoms with van der Waals surface area (Å²) in [5, 5.41) is 3.21. The summed E-state index contributed by atoms with van der Waals surface area (Å²) in [5.41, 5.74) is 1.36. The van der Waals surface area contributed by atoms with Crippen molar-refractivity contribution in [3.8, 4) is 5.75 Å². The molecule has 20 heavy (non-hydrogen) atoms. The summed E-state index contributed by atoms with van der Waals surface area (Å²) in [6.07, 6.45) is 7.42. The lowest BCUT2D eigenvalue weighted by Gasteiger charge is -2.38. The number of nitrogens with one attached hydrogen (secondary N) is 1. The number of ether oxygens (including phenoxy) is 2. The quantitative estimate of drug-likeness (QED) is 0.914. The van der Waals surface area contributed by atoms with E-state index < -0.39 is 0 Å². The molecule has 0 aromatic heterocycles. The molecule has 1 saturated heterocycles. The summed E-state index contributed by atoms with van der Waals surface area (Å²) in [5.74, 6) is 1.03. The van der Waals surface area contributed by atoms with Crippen molar-refractivity contribution >= 4 is 0 Å². The SMILES string of the molecule is CNCc1ccccc1OC1CCOC2(CCCC2)C1. The number of hydrogen-bond donors (Lipinski definition) is 1. The van der Waals surface area contributed by atoms with Crippen LogP contribution in [0.15, 0.2) is 24.3 Å². The zero-order valence-electron chi connectivity index (χ0n) is 12.4. The molecule has 1 aliphatic heterocycles. The van der Waals surface area contributed by atoms with Crippen molar-refractivity contribution in [2.75, 3.05) is 13.7 Å². The minimum absolute atomic E-state index is 0.126. The second-order valence-electron chi connectivity index (χ2n) is 6.11. The van der Waals surface area contributed by atoms with Crippen molar-refractivity contribution in [2.24, 2.45) is 0 Å². The van der Waals surface area contributed by atoms with E-state index >= 15 is 0 Å². The van der Waals surface area contributed by atoms with Crippen LogP contribution in [0, 0.1) is 0 Å². The highest BCUT2D eigenvalue weighted by Crippen LogP contribution is 2.41. The molecule has 0 amide bonds. The van der Waals surface area contributed by atoms with Gasteiger partial charge in [0, 0.05) is 24.9 Å². The molecule has 2 aliphatic rings. The van der Waals surface area contributed by atoms with Gasteiger partial charge in [-0.05, 0) is 26.0 Å². The Kier molecular flexibility index (Phi) is 4.27. The van der Waals surface area contributed by atoms with Crippen LogP contribution in [0.4, 0.5) is 0 Å². The Balaban J connectivity index is 1.68. The molecule has 0 bridgehead atoms. The molecule has 1 N–H and O–H groups in total. The maximum Gasteiger partial charge on any atom is 0.124 e. The third-order valence-corrected chi connectivity index (χ3v) is 4.60. The zero-order valence-corrected chi connectivity index (χ0v) is 12.4. The van der Waals surface area contributed by atoms with E-state index in [0.29, 0.717) is 6.10 Å². The van der Waals surface area contributed by atoms with Crippen LogP contribution in [0.3, 0.4) is 0 Å². The van der Waals surface area contributed by atoms with Crippen LogP contribution in [-0.2, 0) is 11.3 Å². The van der Waals surface area contributed by atoms with Crippen LogP contribution in [0.1, 0.15) is 44.1 Å². The number of benzene rings is 1.